The molecule has 2 N–H and O–H groups in total. The van der Waals surface area contributed by atoms with Crippen LogP contribution in [0, 0.1) is 23.2 Å². The van der Waals surface area contributed by atoms with Crippen LogP contribution in [0.25, 0.3) is 0 Å². The van der Waals surface area contributed by atoms with Crippen LogP contribution in [0.5, 0.6) is 0 Å². The second kappa shape index (κ2) is 5.95. The van der Waals surface area contributed by atoms with Crippen molar-refractivity contribution in [1.82, 2.24) is 0 Å². The van der Waals surface area contributed by atoms with Crippen molar-refractivity contribution in [3.05, 3.63) is 24.3 Å². The summed E-state index contributed by atoms with van der Waals surface area (Å²) in [7, 11) is 0. The van der Waals surface area contributed by atoms with E-state index < -0.39 is 47.6 Å². The van der Waals surface area contributed by atoms with Crippen molar-refractivity contribution in [3.8, 4) is 0 Å². The Kier molecular flexibility index (Phi) is 4.32. The Morgan fingerprint density at radius 3 is 2.60 bits per heavy atom. The van der Waals surface area contributed by atoms with Gasteiger partial charge in [-0.3, -0.25) is 4.79 Å². The highest BCUT2D eigenvalue weighted by molar-refractivity contribution is 5.91. The monoisotopic (exact) mass is 350 g/mol. The Morgan fingerprint density at radius 1 is 1.36 bits per heavy atom. The van der Waals surface area contributed by atoms with Crippen LogP contribution in [0.4, 0.5) is 0 Å². The Labute approximate surface area is 147 Å². The molecule has 2 saturated carbocycles. The van der Waals surface area contributed by atoms with Gasteiger partial charge in [0.05, 0.1) is 24.0 Å². The van der Waals surface area contributed by atoms with Crippen LogP contribution in [-0.2, 0) is 19.1 Å². The maximum Gasteiger partial charge on any atom is 0.334 e. The van der Waals surface area contributed by atoms with E-state index in [-0.39, 0.29) is 23.9 Å². The van der Waals surface area contributed by atoms with Crippen LogP contribution >= 0.6 is 0 Å². The molecule has 0 aromatic carbocycles. The lowest BCUT2D eigenvalue weighted by Gasteiger charge is -2.55. The highest BCUT2D eigenvalue weighted by atomic mass is 16.6. The Balaban J connectivity index is 2.01. The number of ether oxygens (including phenoxy) is 2. The minimum absolute atomic E-state index is 0.170. The molecule has 0 aromatic heterocycles. The van der Waals surface area contributed by atoms with Crippen molar-refractivity contribution in [1.29, 1.82) is 0 Å². The molecule has 6 heteroatoms. The molecule has 1 saturated heterocycles. The number of carbonyl (C=O) groups excluding carboxylic acids is 2. The van der Waals surface area contributed by atoms with E-state index in [1.807, 2.05) is 6.92 Å². The number of hydrogen-bond donors (Lipinski definition) is 2. The molecule has 0 bridgehead atoms. The first-order valence-electron chi connectivity index (χ1n) is 8.73. The standard InChI is InChI=1S/C19H26O6/c1-8(2)17(22)24-12-7-19(5)13(21)6-11(20)9(3)15(19)16-14(12)10(4)18(23)25-16/h8,11-16,20-21H,3-4,6-7H2,1-2,5H3/t11-,12+,13-,14-,15-,16+,19+/m1/s1. The number of aliphatic hydroxyl groups excluding tert-OH is 2. The quantitative estimate of drug-likeness (QED) is 0.444. The summed E-state index contributed by atoms with van der Waals surface area (Å²) in [5.74, 6) is -2.08. The molecule has 138 valence electrons. The lowest BCUT2D eigenvalue weighted by Crippen LogP contribution is -2.60. The summed E-state index contributed by atoms with van der Waals surface area (Å²) in [5.41, 5.74) is 0.125. The first-order chi connectivity index (χ1) is 11.6. The van der Waals surface area contributed by atoms with Crippen molar-refractivity contribution in [2.45, 2.75) is 58.0 Å². The van der Waals surface area contributed by atoms with Gasteiger partial charge in [0, 0.05) is 23.3 Å². The zero-order valence-corrected chi connectivity index (χ0v) is 14.9. The average Bonchev–Trinajstić information content (AvgIpc) is 2.80. The number of fused-ring (bicyclic) bond motifs is 3. The molecule has 3 fully saturated rings. The Morgan fingerprint density at radius 2 is 2.00 bits per heavy atom. The normalized spacial score (nSPS) is 43.5. The summed E-state index contributed by atoms with van der Waals surface area (Å²) in [6.45, 7) is 13.2. The molecule has 7 atom stereocenters. The van der Waals surface area contributed by atoms with Gasteiger partial charge in [-0.1, -0.05) is 33.9 Å². The molecule has 0 amide bonds. The summed E-state index contributed by atoms with van der Waals surface area (Å²) < 4.78 is 11.2. The molecule has 0 unspecified atom stereocenters. The second-order valence-corrected chi connectivity index (χ2v) is 8.08. The molecule has 0 aromatic rings. The van der Waals surface area contributed by atoms with E-state index in [4.69, 9.17) is 9.47 Å². The summed E-state index contributed by atoms with van der Waals surface area (Å²) in [6, 6.07) is 0. The number of hydrogen-bond acceptors (Lipinski definition) is 6. The molecular formula is C19H26O6. The third kappa shape index (κ3) is 2.62. The van der Waals surface area contributed by atoms with E-state index in [1.165, 1.54) is 0 Å². The van der Waals surface area contributed by atoms with E-state index in [2.05, 4.69) is 13.2 Å². The van der Waals surface area contributed by atoms with E-state index in [1.54, 1.807) is 13.8 Å². The lowest BCUT2D eigenvalue weighted by molar-refractivity contribution is -0.185. The van der Waals surface area contributed by atoms with Crippen LogP contribution in [0.3, 0.4) is 0 Å². The minimum atomic E-state index is -0.851. The maximum atomic E-state index is 12.2. The van der Waals surface area contributed by atoms with Gasteiger partial charge >= 0.3 is 11.9 Å². The third-order valence-electron chi connectivity index (χ3n) is 6.12. The van der Waals surface area contributed by atoms with E-state index in [0.717, 1.165) is 0 Å². The van der Waals surface area contributed by atoms with Crippen LogP contribution in [0.15, 0.2) is 24.3 Å². The van der Waals surface area contributed by atoms with Crippen molar-refractivity contribution in [2.75, 3.05) is 0 Å². The lowest BCUT2D eigenvalue weighted by atomic mass is 9.53. The highest BCUT2D eigenvalue weighted by Gasteiger charge is 2.63. The van der Waals surface area contributed by atoms with Gasteiger partial charge in [-0.25, -0.2) is 4.79 Å². The smallest absolute Gasteiger partial charge is 0.334 e. The summed E-state index contributed by atoms with van der Waals surface area (Å²) in [5, 5.41) is 20.9. The number of rotatable bonds is 2. The molecule has 3 aliphatic rings. The number of aliphatic hydroxyl groups is 2. The maximum absolute atomic E-state index is 12.2. The molecule has 25 heavy (non-hydrogen) atoms. The summed E-state index contributed by atoms with van der Waals surface area (Å²) >= 11 is 0. The molecule has 0 spiro atoms. The summed E-state index contributed by atoms with van der Waals surface area (Å²) in [6.07, 6.45) is -2.37. The fraction of sp³-hybridized carbons (Fsp3) is 0.684. The Hall–Kier alpha value is -1.66. The van der Waals surface area contributed by atoms with Crippen LogP contribution < -0.4 is 0 Å². The van der Waals surface area contributed by atoms with Crippen LogP contribution in [0.1, 0.15) is 33.6 Å². The van der Waals surface area contributed by atoms with Gasteiger partial charge in [0.15, 0.2) is 0 Å². The fourth-order valence-corrected chi connectivity index (χ4v) is 4.60. The zero-order chi connectivity index (χ0) is 18.7. The molecule has 1 aliphatic heterocycles. The SMILES string of the molecule is C=C1C(=O)O[C@H]2[C@H]1[C@@H](OC(=O)C(C)C)C[C@@]1(C)[C@H](O)C[C@@H](O)C(=C)[C@H]21. The summed E-state index contributed by atoms with van der Waals surface area (Å²) in [4.78, 5) is 24.3. The van der Waals surface area contributed by atoms with Crippen LogP contribution in [0.2, 0.25) is 0 Å². The second-order valence-electron chi connectivity index (χ2n) is 8.08. The average molecular weight is 350 g/mol. The van der Waals surface area contributed by atoms with Crippen molar-refractivity contribution < 1.29 is 29.3 Å². The topological polar surface area (TPSA) is 93.1 Å². The first-order valence-corrected chi connectivity index (χ1v) is 8.73. The minimum Gasteiger partial charge on any atom is -0.461 e. The highest BCUT2D eigenvalue weighted by Crippen LogP contribution is 2.57. The molecular weight excluding hydrogens is 324 g/mol. The van der Waals surface area contributed by atoms with E-state index in [9.17, 15) is 19.8 Å². The van der Waals surface area contributed by atoms with Gasteiger partial charge in [-0.05, 0) is 12.0 Å². The van der Waals surface area contributed by atoms with Gasteiger partial charge in [0.25, 0.3) is 0 Å². The fourth-order valence-electron chi connectivity index (χ4n) is 4.60. The predicted molar refractivity (Wildman–Crippen MR) is 89.2 cm³/mol. The van der Waals surface area contributed by atoms with Gasteiger partial charge in [0.2, 0.25) is 0 Å². The van der Waals surface area contributed by atoms with E-state index >= 15 is 0 Å². The molecule has 6 nitrogen and oxygen atoms in total. The largest absolute Gasteiger partial charge is 0.461 e. The molecule has 2 aliphatic carbocycles. The van der Waals surface area contributed by atoms with Gasteiger partial charge in [-0.15, -0.1) is 0 Å². The van der Waals surface area contributed by atoms with E-state index in [0.29, 0.717) is 12.0 Å². The van der Waals surface area contributed by atoms with Crippen LogP contribution in [-0.4, -0.2) is 46.6 Å². The van der Waals surface area contributed by atoms with Gasteiger partial charge in [0.1, 0.15) is 12.2 Å². The van der Waals surface area contributed by atoms with Gasteiger partial charge in [-0.2, -0.15) is 0 Å². The molecule has 1 heterocycles. The Bertz CT molecular complexity index is 638. The number of esters is 2. The number of carbonyl (C=O) groups is 2. The van der Waals surface area contributed by atoms with Crippen molar-refractivity contribution in [3.63, 3.8) is 0 Å². The molecule has 3 rings (SSSR count). The van der Waals surface area contributed by atoms with Crippen molar-refractivity contribution >= 4 is 11.9 Å². The predicted octanol–water partition coefficient (Wildman–Crippen LogP) is 1.36. The molecule has 0 radical (unpaired) electrons. The zero-order valence-electron chi connectivity index (χ0n) is 14.9. The van der Waals surface area contributed by atoms with Gasteiger partial charge < -0.3 is 19.7 Å². The van der Waals surface area contributed by atoms with Crippen molar-refractivity contribution in [2.24, 2.45) is 23.2 Å². The third-order valence-corrected chi connectivity index (χ3v) is 6.12. The first kappa shape index (κ1) is 18.1.